The summed E-state index contributed by atoms with van der Waals surface area (Å²) in [6, 6.07) is 10.6. The molecule has 0 spiro atoms. The molecule has 0 unspecified atom stereocenters. The molecule has 3 nitrogen and oxygen atoms in total. The molecular formula is C13H17N3S. The zero-order valence-electron chi connectivity index (χ0n) is 10.3. The molecule has 0 bridgehead atoms. The zero-order valence-corrected chi connectivity index (χ0v) is 11.1. The van der Waals surface area contributed by atoms with Gasteiger partial charge in [-0.1, -0.05) is 30.3 Å². The summed E-state index contributed by atoms with van der Waals surface area (Å²) in [7, 11) is 2.07. The van der Waals surface area contributed by atoms with Crippen LogP contribution in [0.25, 0.3) is 0 Å². The van der Waals surface area contributed by atoms with Crippen molar-refractivity contribution in [2.45, 2.75) is 19.8 Å². The largest absolute Gasteiger partial charge is 0.350 e. The summed E-state index contributed by atoms with van der Waals surface area (Å²) in [5, 5.41) is 1.01. The van der Waals surface area contributed by atoms with Crippen molar-refractivity contribution in [3.05, 3.63) is 41.7 Å². The number of anilines is 1. The smallest absolute Gasteiger partial charge is 0.204 e. The minimum Gasteiger partial charge on any atom is -0.350 e. The van der Waals surface area contributed by atoms with Crippen molar-refractivity contribution in [3.63, 3.8) is 0 Å². The number of hydrogen-bond donors (Lipinski definition) is 0. The van der Waals surface area contributed by atoms with Crippen molar-refractivity contribution in [2.24, 2.45) is 0 Å². The molecule has 4 heteroatoms. The molecule has 17 heavy (non-hydrogen) atoms. The predicted molar refractivity (Wildman–Crippen MR) is 72.7 cm³/mol. The Balaban J connectivity index is 1.79. The minimum absolute atomic E-state index is 0.861. The SMILES string of the molecule is Cc1nsc(N(C)CCCc2ccccc2)n1. The van der Waals surface area contributed by atoms with Crippen LogP contribution in [0.4, 0.5) is 5.13 Å². The Morgan fingerprint density at radius 3 is 2.65 bits per heavy atom. The van der Waals surface area contributed by atoms with E-state index in [1.165, 1.54) is 17.1 Å². The highest BCUT2D eigenvalue weighted by molar-refractivity contribution is 7.09. The Labute approximate surface area is 106 Å². The topological polar surface area (TPSA) is 29.0 Å². The second kappa shape index (κ2) is 5.77. The molecule has 0 N–H and O–H groups in total. The molecule has 0 aliphatic carbocycles. The standard InChI is InChI=1S/C13H17N3S/c1-11-14-13(17-15-11)16(2)10-6-9-12-7-4-3-5-8-12/h3-5,7-8H,6,9-10H2,1-2H3. The van der Waals surface area contributed by atoms with Gasteiger partial charge in [0.05, 0.1) is 0 Å². The normalized spacial score (nSPS) is 10.5. The van der Waals surface area contributed by atoms with E-state index in [9.17, 15) is 0 Å². The lowest BCUT2D eigenvalue weighted by molar-refractivity contribution is 0.782. The maximum atomic E-state index is 4.37. The highest BCUT2D eigenvalue weighted by atomic mass is 32.1. The van der Waals surface area contributed by atoms with E-state index >= 15 is 0 Å². The Hall–Kier alpha value is -1.42. The minimum atomic E-state index is 0.861. The van der Waals surface area contributed by atoms with Gasteiger partial charge in [0.1, 0.15) is 5.82 Å². The van der Waals surface area contributed by atoms with Gasteiger partial charge < -0.3 is 4.90 Å². The van der Waals surface area contributed by atoms with Gasteiger partial charge in [0.2, 0.25) is 5.13 Å². The molecule has 0 radical (unpaired) electrons. The summed E-state index contributed by atoms with van der Waals surface area (Å²) in [6.07, 6.45) is 2.25. The van der Waals surface area contributed by atoms with E-state index in [2.05, 4.69) is 51.6 Å². The van der Waals surface area contributed by atoms with Gasteiger partial charge in [0.15, 0.2) is 0 Å². The number of nitrogens with zero attached hydrogens (tertiary/aromatic N) is 3. The molecule has 0 amide bonds. The second-order valence-electron chi connectivity index (χ2n) is 4.13. The molecule has 0 aliphatic rings. The van der Waals surface area contributed by atoms with E-state index in [4.69, 9.17) is 0 Å². The summed E-state index contributed by atoms with van der Waals surface area (Å²) in [5.41, 5.74) is 1.40. The van der Waals surface area contributed by atoms with E-state index in [0.29, 0.717) is 0 Å². The second-order valence-corrected chi connectivity index (χ2v) is 4.87. The monoisotopic (exact) mass is 247 g/mol. The predicted octanol–water partition coefficient (Wildman–Crippen LogP) is 2.92. The lowest BCUT2D eigenvalue weighted by atomic mass is 10.1. The first-order valence-corrected chi connectivity index (χ1v) is 6.58. The molecule has 0 saturated heterocycles. The third-order valence-corrected chi connectivity index (χ3v) is 3.57. The molecule has 0 fully saturated rings. The van der Waals surface area contributed by atoms with E-state index < -0.39 is 0 Å². The van der Waals surface area contributed by atoms with Gasteiger partial charge in [-0.2, -0.15) is 4.37 Å². The van der Waals surface area contributed by atoms with E-state index in [0.717, 1.165) is 30.3 Å². The maximum absolute atomic E-state index is 4.37. The fourth-order valence-electron chi connectivity index (χ4n) is 1.70. The van der Waals surface area contributed by atoms with Crippen LogP contribution in [0.3, 0.4) is 0 Å². The van der Waals surface area contributed by atoms with Crippen LogP contribution in [-0.4, -0.2) is 22.9 Å². The number of hydrogen-bond acceptors (Lipinski definition) is 4. The molecule has 0 aliphatic heterocycles. The average Bonchev–Trinajstić information content (AvgIpc) is 2.77. The molecule has 2 rings (SSSR count). The van der Waals surface area contributed by atoms with Gasteiger partial charge >= 0.3 is 0 Å². The summed E-state index contributed by atoms with van der Waals surface area (Å²) in [6.45, 7) is 2.95. The Bertz CT molecular complexity index is 453. The zero-order chi connectivity index (χ0) is 12.1. The Morgan fingerprint density at radius 1 is 1.24 bits per heavy atom. The van der Waals surface area contributed by atoms with Crippen molar-refractivity contribution < 1.29 is 0 Å². The number of aromatic nitrogens is 2. The van der Waals surface area contributed by atoms with E-state index in [-0.39, 0.29) is 0 Å². The van der Waals surface area contributed by atoms with Crippen molar-refractivity contribution in [2.75, 3.05) is 18.5 Å². The maximum Gasteiger partial charge on any atom is 0.204 e. The first-order chi connectivity index (χ1) is 8.25. The van der Waals surface area contributed by atoms with Gasteiger partial charge in [0, 0.05) is 25.1 Å². The van der Waals surface area contributed by atoms with Gasteiger partial charge in [-0.05, 0) is 25.3 Å². The van der Waals surface area contributed by atoms with Crippen molar-refractivity contribution in [1.29, 1.82) is 0 Å². The van der Waals surface area contributed by atoms with Crippen LogP contribution < -0.4 is 4.90 Å². The molecule has 2 aromatic rings. The number of benzene rings is 1. The third kappa shape index (κ3) is 3.53. The first-order valence-electron chi connectivity index (χ1n) is 5.81. The van der Waals surface area contributed by atoms with Crippen LogP contribution in [0, 0.1) is 6.92 Å². The molecule has 1 heterocycles. The molecule has 1 aromatic heterocycles. The summed E-state index contributed by atoms with van der Waals surface area (Å²) < 4.78 is 4.19. The van der Waals surface area contributed by atoms with E-state index in [1.54, 1.807) is 0 Å². The highest BCUT2D eigenvalue weighted by Crippen LogP contribution is 2.15. The highest BCUT2D eigenvalue weighted by Gasteiger charge is 2.05. The van der Waals surface area contributed by atoms with Crippen LogP contribution in [0.1, 0.15) is 17.8 Å². The van der Waals surface area contributed by atoms with Crippen LogP contribution in [0.5, 0.6) is 0 Å². The first kappa shape index (κ1) is 12.0. The summed E-state index contributed by atoms with van der Waals surface area (Å²) >= 11 is 1.47. The molecule has 1 aromatic carbocycles. The molecule has 0 atom stereocenters. The van der Waals surface area contributed by atoms with Gasteiger partial charge in [0.25, 0.3) is 0 Å². The van der Waals surface area contributed by atoms with Crippen LogP contribution >= 0.6 is 11.5 Å². The summed E-state index contributed by atoms with van der Waals surface area (Å²) in [4.78, 5) is 6.54. The third-order valence-electron chi connectivity index (χ3n) is 2.65. The van der Waals surface area contributed by atoms with Crippen molar-refractivity contribution >= 4 is 16.7 Å². The van der Waals surface area contributed by atoms with Crippen molar-refractivity contribution in [1.82, 2.24) is 9.36 Å². The average molecular weight is 247 g/mol. The van der Waals surface area contributed by atoms with Crippen LogP contribution in [-0.2, 0) is 6.42 Å². The fourth-order valence-corrected chi connectivity index (χ4v) is 2.36. The van der Waals surface area contributed by atoms with E-state index in [1.807, 2.05) is 6.92 Å². The van der Waals surface area contributed by atoms with Gasteiger partial charge in [-0.3, -0.25) is 0 Å². The molecule has 90 valence electrons. The van der Waals surface area contributed by atoms with Gasteiger partial charge in [-0.25, -0.2) is 4.98 Å². The molecule has 0 saturated carbocycles. The van der Waals surface area contributed by atoms with Gasteiger partial charge in [-0.15, -0.1) is 0 Å². The summed E-state index contributed by atoms with van der Waals surface area (Å²) in [5.74, 6) is 0.861. The lowest BCUT2D eigenvalue weighted by Crippen LogP contribution is -2.18. The van der Waals surface area contributed by atoms with Crippen LogP contribution in [0.15, 0.2) is 30.3 Å². The number of rotatable bonds is 5. The number of aryl methyl sites for hydroxylation is 2. The Kier molecular flexibility index (Phi) is 4.09. The lowest BCUT2D eigenvalue weighted by Gasteiger charge is -2.14. The van der Waals surface area contributed by atoms with Crippen molar-refractivity contribution in [3.8, 4) is 0 Å². The molecular weight excluding hydrogens is 230 g/mol. The van der Waals surface area contributed by atoms with Crippen LogP contribution in [0.2, 0.25) is 0 Å². The fraction of sp³-hybridized carbons (Fsp3) is 0.385. The Morgan fingerprint density at radius 2 is 2.00 bits per heavy atom. The quantitative estimate of drug-likeness (QED) is 0.813.